The van der Waals surface area contributed by atoms with Crippen molar-refractivity contribution in [2.75, 3.05) is 70.3 Å². The van der Waals surface area contributed by atoms with Crippen molar-refractivity contribution in [1.29, 1.82) is 0 Å². The summed E-state index contributed by atoms with van der Waals surface area (Å²) >= 11 is 0. The normalized spacial score (nSPS) is 22.6. The topological polar surface area (TPSA) is 30.0 Å². The highest BCUT2D eigenvalue weighted by molar-refractivity contribution is 5.95. The summed E-state index contributed by atoms with van der Waals surface area (Å²) in [5, 5.41) is 0. The van der Waals surface area contributed by atoms with Gasteiger partial charge in [-0.1, -0.05) is 24.6 Å². The molecular formula is C22H34N4O. The Labute approximate surface area is 163 Å². The average Bonchev–Trinajstić information content (AvgIpc) is 2.73. The lowest BCUT2D eigenvalue weighted by Crippen LogP contribution is -2.52. The van der Waals surface area contributed by atoms with Crippen molar-refractivity contribution in [3.8, 4) is 0 Å². The zero-order chi connectivity index (χ0) is 18.5. The van der Waals surface area contributed by atoms with Gasteiger partial charge < -0.3 is 9.80 Å². The molecule has 0 saturated carbocycles. The van der Waals surface area contributed by atoms with E-state index in [1.807, 2.05) is 11.0 Å². The molecule has 1 aromatic rings. The van der Waals surface area contributed by atoms with E-state index in [2.05, 4.69) is 32.9 Å². The number of carbonyl (C=O) groups is 1. The zero-order valence-electron chi connectivity index (χ0n) is 16.6. The number of likely N-dealkylation sites (tertiary alicyclic amines) is 1. The van der Waals surface area contributed by atoms with Crippen LogP contribution in [0.3, 0.4) is 0 Å². The van der Waals surface area contributed by atoms with Gasteiger partial charge in [-0.15, -0.1) is 0 Å². The number of hydrogen-bond acceptors (Lipinski definition) is 4. The highest BCUT2D eigenvalue weighted by atomic mass is 16.2. The number of piperazine rings is 1. The van der Waals surface area contributed by atoms with Gasteiger partial charge in [-0.3, -0.25) is 14.6 Å². The Morgan fingerprint density at radius 1 is 0.741 bits per heavy atom. The van der Waals surface area contributed by atoms with E-state index in [0.29, 0.717) is 6.54 Å². The van der Waals surface area contributed by atoms with E-state index in [-0.39, 0.29) is 5.91 Å². The average molecular weight is 371 g/mol. The van der Waals surface area contributed by atoms with Crippen LogP contribution in [0.1, 0.15) is 31.2 Å². The van der Waals surface area contributed by atoms with Crippen LogP contribution in [0.15, 0.2) is 24.3 Å². The molecule has 148 valence electrons. The SMILES string of the molecule is O=C(CN1CCN(CCN2CCCCC2)CC1)N1CCCc2ccccc21. The van der Waals surface area contributed by atoms with Gasteiger partial charge >= 0.3 is 0 Å². The van der Waals surface area contributed by atoms with Crippen LogP contribution in [0.25, 0.3) is 0 Å². The first kappa shape index (κ1) is 18.9. The van der Waals surface area contributed by atoms with Gasteiger partial charge in [-0.2, -0.15) is 0 Å². The summed E-state index contributed by atoms with van der Waals surface area (Å²) in [6, 6.07) is 8.39. The molecule has 4 rings (SSSR count). The van der Waals surface area contributed by atoms with E-state index in [9.17, 15) is 4.79 Å². The lowest BCUT2D eigenvalue weighted by Gasteiger charge is -2.37. The minimum absolute atomic E-state index is 0.268. The molecule has 5 heteroatoms. The Kier molecular flexibility index (Phi) is 6.43. The molecule has 0 bridgehead atoms. The third kappa shape index (κ3) is 4.89. The molecule has 1 amide bonds. The maximum atomic E-state index is 12.9. The van der Waals surface area contributed by atoms with Gasteiger partial charge in [-0.05, 0) is 50.4 Å². The number of fused-ring (bicyclic) bond motifs is 1. The quantitative estimate of drug-likeness (QED) is 0.794. The second-order valence-electron chi connectivity index (χ2n) is 8.30. The Hall–Kier alpha value is -1.43. The summed E-state index contributed by atoms with van der Waals surface area (Å²) in [7, 11) is 0. The van der Waals surface area contributed by atoms with Crippen LogP contribution in [0.4, 0.5) is 5.69 Å². The Bertz CT molecular complexity index is 620. The molecule has 3 aliphatic rings. The van der Waals surface area contributed by atoms with Crippen LogP contribution in [0, 0.1) is 0 Å². The van der Waals surface area contributed by atoms with Crippen LogP contribution in [-0.4, -0.2) is 86.1 Å². The van der Waals surface area contributed by atoms with Gasteiger partial charge in [-0.25, -0.2) is 0 Å². The molecule has 3 heterocycles. The van der Waals surface area contributed by atoms with Crippen LogP contribution < -0.4 is 4.90 Å². The number of aryl methyl sites for hydroxylation is 1. The fraction of sp³-hybridized carbons (Fsp3) is 0.682. The van der Waals surface area contributed by atoms with E-state index < -0.39 is 0 Å². The standard InChI is InChI=1S/C22H34N4O/c27-22(26-12-6-8-20-7-2-3-9-21(20)26)19-25-17-15-24(16-18-25)14-13-23-10-4-1-5-11-23/h2-3,7,9H,1,4-6,8,10-19H2. The van der Waals surface area contributed by atoms with Gasteiger partial charge in [0.1, 0.15) is 0 Å². The first-order chi connectivity index (χ1) is 13.3. The molecular weight excluding hydrogens is 336 g/mol. The number of amides is 1. The number of nitrogens with zero attached hydrogens (tertiary/aromatic N) is 4. The number of rotatable bonds is 5. The fourth-order valence-corrected chi connectivity index (χ4v) is 4.71. The van der Waals surface area contributed by atoms with E-state index in [1.54, 1.807) is 0 Å². The smallest absolute Gasteiger partial charge is 0.241 e. The molecule has 0 spiro atoms. The van der Waals surface area contributed by atoms with Crippen molar-refractivity contribution in [2.45, 2.75) is 32.1 Å². The van der Waals surface area contributed by atoms with Gasteiger partial charge in [0.2, 0.25) is 5.91 Å². The molecule has 5 nitrogen and oxygen atoms in total. The first-order valence-corrected chi connectivity index (χ1v) is 10.8. The molecule has 0 atom stereocenters. The first-order valence-electron chi connectivity index (χ1n) is 10.8. The molecule has 0 radical (unpaired) electrons. The van der Waals surface area contributed by atoms with Gasteiger partial charge in [0.05, 0.1) is 6.54 Å². The number of benzene rings is 1. The minimum Gasteiger partial charge on any atom is -0.311 e. The second kappa shape index (κ2) is 9.18. The summed E-state index contributed by atoms with van der Waals surface area (Å²) in [4.78, 5) is 22.5. The maximum Gasteiger partial charge on any atom is 0.241 e. The zero-order valence-corrected chi connectivity index (χ0v) is 16.6. The number of carbonyl (C=O) groups excluding carboxylic acids is 1. The summed E-state index contributed by atoms with van der Waals surface area (Å²) < 4.78 is 0. The fourth-order valence-electron chi connectivity index (χ4n) is 4.71. The number of para-hydroxylation sites is 1. The number of hydrogen-bond donors (Lipinski definition) is 0. The molecule has 27 heavy (non-hydrogen) atoms. The molecule has 0 aliphatic carbocycles. The van der Waals surface area contributed by atoms with Crippen LogP contribution in [0.2, 0.25) is 0 Å². The molecule has 2 saturated heterocycles. The lowest BCUT2D eigenvalue weighted by molar-refractivity contribution is -0.120. The lowest BCUT2D eigenvalue weighted by atomic mass is 10.0. The molecule has 0 aromatic heterocycles. The largest absolute Gasteiger partial charge is 0.311 e. The molecule has 0 N–H and O–H groups in total. The van der Waals surface area contributed by atoms with E-state index >= 15 is 0 Å². The summed E-state index contributed by atoms with van der Waals surface area (Å²) in [5.74, 6) is 0.268. The van der Waals surface area contributed by atoms with Crippen molar-refractivity contribution < 1.29 is 4.79 Å². The maximum absolute atomic E-state index is 12.9. The van der Waals surface area contributed by atoms with Crippen LogP contribution >= 0.6 is 0 Å². The monoisotopic (exact) mass is 370 g/mol. The van der Waals surface area contributed by atoms with Crippen LogP contribution in [0.5, 0.6) is 0 Å². The van der Waals surface area contributed by atoms with Crippen molar-refractivity contribution >= 4 is 11.6 Å². The second-order valence-corrected chi connectivity index (χ2v) is 8.30. The van der Waals surface area contributed by atoms with Crippen molar-refractivity contribution in [2.24, 2.45) is 0 Å². The van der Waals surface area contributed by atoms with Crippen molar-refractivity contribution in [3.05, 3.63) is 29.8 Å². The Morgan fingerprint density at radius 2 is 1.41 bits per heavy atom. The summed E-state index contributed by atoms with van der Waals surface area (Å²) in [6.07, 6.45) is 6.32. The third-order valence-electron chi connectivity index (χ3n) is 6.42. The number of anilines is 1. The van der Waals surface area contributed by atoms with Gasteiger partial charge in [0, 0.05) is 51.5 Å². The van der Waals surface area contributed by atoms with E-state index in [4.69, 9.17) is 0 Å². The Morgan fingerprint density at radius 3 is 2.19 bits per heavy atom. The Balaban J connectivity index is 1.22. The molecule has 1 aromatic carbocycles. The van der Waals surface area contributed by atoms with E-state index in [1.165, 1.54) is 51.0 Å². The summed E-state index contributed by atoms with van der Waals surface area (Å²) in [6.45, 7) is 10.6. The molecule has 2 fully saturated rings. The van der Waals surface area contributed by atoms with Gasteiger partial charge in [0.25, 0.3) is 0 Å². The predicted molar refractivity (Wildman–Crippen MR) is 110 cm³/mol. The highest BCUT2D eigenvalue weighted by Gasteiger charge is 2.25. The summed E-state index contributed by atoms with van der Waals surface area (Å²) in [5.41, 5.74) is 2.45. The van der Waals surface area contributed by atoms with E-state index in [0.717, 1.165) is 51.3 Å². The molecule has 3 aliphatic heterocycles. The predicted octanol–water partition coefficient (Wildman–Crippen LogP) is 2.07. The van der Waals surface area contributed by atoms with Crippen LogP contribution in [-0.2, 0) is 11.2 Å². The van der Waals surface area contributed by atoms with Crippen molar-refractivity contribution in [3.63, 3.8) is 0 Å². The van der Waals surface area contributed by atoms with Gasteiger partial charge in [0.15, 0.2) is 0 Å². The molecule has 0 unspecified atom stereocenters. The highest BCUT2D eigenvalue weighted by Crippen LogP contribution is 2.26. The van der Waals surface area contributed by atoms with Crippen molar-refractivity contribution in [1.82, 2.24) is 14.7 Å². The minimum atomic E-state index is 0.268. The number of piperidine rings is 1. The third-order valence-corrected chi connectivity index (χ3v) is 6.42.